The van der Waals surface area contributed by atoms with Crippen molar-refractivity contribution < 1.29 is 4.79 Å². The third kappa shape index (κ3) is 3.76. The molecule has 4 rings (SSSR count). The molecule has 0 aliphatic heterocycles. The molecule has 0 radical (unpaired) electrons. The predicted molar refractivity (Wildman–Crippen MR) is 117 cm³/mol. The first-order chi connectivity index (χ1) is 14.1. The molecule has 2 aromatic carbocycles. The number of nitrogens with zero attached hydrogens (tertiary/aromatic N) is 3. The smallest absolute Gasteiger partial charge is 0.257 e. The lowest BCUT2D eigenvalue weighted by molar-refractivity contribution is 0.0953. The van der Waals surface area contributed by atoms with E-state index in [9.17, 15) is 4.79 Å². The summed E-state index contributed by atoms with van der Waals surface area (Å²) < 4.78 is 1.90. The molecule has 0 saturated heterocycles. The molecule has 0 saturated carbocycles. The quantitative estimate of drug-likeness (QED) is 0.491. The van der Waals surface area contributed by atoms with Gasteiger partial charge in [0, 0.05) is 18.1 Å². The van der Waals surface area contributed by atoms with Crippen molar-refractivity contribution >= 4 is 45.5 Å². The van der Waals surface area contributed by atoms with Crippen LogP contribution in [0.1, 0.15) is 35.7 Å². The molecule has 2 aromatic heterocycles. The van der Waals surface area contributed by atoms with E-state index in [1.54, 1.807) is 12.1 Å². The summed E-state index contributed by atoms with van der Waals surface area (Å²) in [5.74, 6) is 0.139. The summed E-state index contributed by atoms with van der Waals surface area (Å²) in [5, 5.41) is 3.60. The minimum atomic E-state index is -0.262. The van der Waals surface area contributed by atoms with E-state index in [2.05, 4.69) is 12.2 Å². The molecule has 148 valence electrons. The third-order valence-corrected chi connectivity index (χ3v) is 5.17. The number of benzene rings is 2. The second-order valence-corrected chi connectivity index (χ2v) is 7.40. The predicted octanol–water partition coefficient (Wildman–Crippen LogP) is 4.55. The number of unbranched alkanes of at least 4 members (excludes halogenated alkanes) is 1. The maximum absolute atomic E-state index is 13.0. The van der Waals surface area contributed by atoms with Gasteiger partial charge in [-0.25, -0.2) is 9.97 Å². The molecule has 2 heterocycles. The maximum atomic E-state index is 13.0. The second-order valence-electron chi connectivity index (χ2n) is 6.96. The minimum Gasteiger partial charge on any atom is -0.384 e. The Balaban J connectivity index is 1.75. The molecule has 0 fully saturated rings. The van der Waals surface area contributed by atoms with Crippen molar-refractivity contribution in [3.05, 3.63) is 64.7 Å². The molecule has 0 unspecified atom stereocenters. The van der Waals surface area contributed by atoms with E-state index in [0.29, 0.717) is 40.7 Å². The zero-order valence-electron chi connectivity index (χ0n) is 16.2. The summed E-state index contributed by atoms with van der Waals surface area (Å²) in [5.41, 5.74) is 10.4. The fourth-order valence-corrected chi connectivity index (χ4v) is 3.48. The molecule has 0 bridgehead atoms. The van der Waals surface area contributed by atoms with E-state index < -0.39 is 0 Å². The van der Waals surface area contributed by atoms with E-state index in [0.717, 1.165) is 29.4 Å². The van der Waals surface area contributed by atoms with Gasteiger partial charge in [0.1, 0.15) is 16.9 Å². The number of nitrogens with two attached hydrogens (primary N) is 1. The van der Waals surface area contributed by atoms with Gasteiger partial charge in [-0.3, -0.25) is 4.79 Å². The van der Waals surface area contributed by atoms with Crippen molar-refractivity contribution in [1.82, 2.24) is 19.9 Å². The van der Waals surface area contributed by atoms with Gasteiger partial charge in [-0.15, -0.1) is 0 Å². The van der Waals surface area contributed by atoms with Crippen LogP contribution in [0, 0.1) is 0 Å². The molecule has 7 heteroatoms. The van der Waals surface area contributed by atoms with Gasteiger partial charge in [-0.05, 0) is 36.2 Å². The Hall–Kier alpha value is -3.12. The number of anilines is 1. The SMILES string of the molecule is CCCCn1c(N)c(C(=O)NCc2ccc(Cl)cc2)c2nc3ccccc3nc21. The average Bonchev–Trinajstić information content (AvgIpc) is 3.00. The summed E-state index contributed by atoms with van der Waals surface area (Å²) in [7, 11) is 0. The number of hydrogen-bond acceptors (Lipinski definition) is 4. The van der Waals surface area contributed by atoms with Crippen LogP contribution in [0.15, 0.2) is 48.5 Å². The Bertz CT molecular complexity index is 1180. The van der Waals surface area contributed by atoms with E-state index in [1.807, 2.05) is 41.0 Å². The number of para-hydroxylation sites is 2. The number of nitrogens with one attached hydrogen (secondary N) is 1. The Morgan fingerprint density at radius 1 is 1.10 bits per heavy atom. The molecule has 0 aliphatic carbocycles. The third-order valence-electron chi connectivity index (χ3n) is 4.92. The zero-order valence-corrected chi connectivity index (χ0v) is 16.9. The number of aryl methyl sites for hydroxylation is 1. The number of amides is 1. The Kier molecular flexibility index (Phi) is 5.36. The van der Waals surface area contributed by atoms with Crippen molar-refractivity contribution in [3.8, 4) is 0 Å². The second kappa shape index (κ2) is 8.09. The summed E-state index contributed by atoms with van der Waals surface area (Å²) in [6.45, 7) is 3.18. The van der Waals surface area contributed by atoms with Gasteiger partial charge in [0.05, 0.1) is 11.0 Å². The highest BCUT2D eigenvalue weighted by atomic mass is 35.5. The molecule has 0 spiro atoms. The normalized spacial score (nSPS) is 11.2. The topological polar surface area (TPSA) is 85.8 Å². The first-order valence-corrected chi connectivity index (χ1v) is 10.0. The molecule has 29 heavy (non-hydrogen) atoms. The number of nitrogen functional groups attached to an aromatic ring is 1. The number of halogens is 1. The maximum Gasteiger partial charge on any atom is 0.257 e. The largest absolute Gasteiger partial charge is 0.384 e. The average molecular weight is 408 g/mol. The van der Waals surface area contributed by atoms with Crippen LogP contribution in [-0.4, -0.2) is 20.4 Å². The van der Waals surface area contributed by atoms with Gasteiger partial charge < -0.3 is 15.6 Å². The molecule has 6 nitrogen and oxygen atoms in total. The summed E-state index contributed by atoms with van der Waals surface area (Å²) in [6, 6.07) is 15.0. The lowest BCUT2D eigenvalue weighted by atomic mass is 10.2. The van der Waals surface area contributed by atoms with E-state index in [4.69, 9.17) is 27.3 Å². The van der Waals surface area contributed by atoms with Crippen molar-refractivity contribution in [2.24, 2.45) is 0 Å². The molecule has 0 aliphatic rings. The monoisotopic (exact) mass is 407 g/mol. The number of fused-ring (bicyclic) bond motifs is 2. The van der Waals surface area contributed by atoms with Crippen molar-refractivity contribution in [1.29, 1.82) is 0 Å². The van der Waals surface area contributed by atoms with Crippen LogP contribution in [0.2, 0.25) is 5.02 Å². The van der Waals surface area contributed by atoms with Crippen LogP contribution in [0.5, 0.6) is 0 Å². The minimum absolute atomic E-state index is 0.262. The molecule has 0 atom stereocenters. The molecular weight excluding hydrogens is 386 g/mol. The van der Waals surface area contributed by atoms with E-state index in [1.165, 1.54) is 0 Å². The Morgan fingerprint density at radius 3 is 2.48 bits per heavy atom. The van der Waals surface area contributed by atoms with Gasteiger partial charge in [0.15, 0.2) is 5.65 Å². The number of rotatable bonds is 6. The Labute approximate surface area is 173 Å². The summed E-state index contributed by atoms with van der Waals surface area (Å²) in [6.07, 6.45) is 1.95. The van der Waals surface area contributed by atoms with Crippen LogP contribution < -0.4 is 11.1 Å². The molecule has 4 aromatic rings. The summed E-state index contributed by atoms with van der Waals surface area (Å²) >= 11 is 5.93. The number of carbonyl (C=O) groups is 1. The van der Waals surface area contributed by atoms with Crippen LogP contribution in [0.3, 0.4) is 0 Å². The lowest BCUT2D eigenvalue weighted by Crippen LogP contribution is -2.24. The molecule has 1 amide bonds. The number of hydrogen-bond donors (Lipinski definition) is 2. The summed E-state index contributed by atoms with van der Waals surface area (Å²) in [4.78, 5) is 22.5. The molecule has 3 N–H and O–H groups in total. The van der Waals surface area contributed by atoms with E-state index >= 15 is 0 Å². The van der Waals surface area contributed by atoms with Crippen LogP contribution in [0.25, 0.3) is 22.2 Å². The van der Waals surface area contributed by atoms with Gasteiger partial charge in [-0.2, -0.15) is 0 Å². The van der Waals surface area contributed by atoms with Gasteiger partial charge >= 0.3 is 0 Å². The number of aromatic nitrogens is 3. The van der Waals surface area contributed by atoms with Crippen molar-refractivity contribution in [3.63, 3.8) is 0 Å². The lowest BCUT2D eigenvalue weighted by Gasteiger charge is -2.07. The standard InChI is InChI=1S/C22H22ClN5O/c1-2-3-12-28-20(24)18(22(29)25-13-14-8-10-15(23)11-9-14)19-21(28)27-17-7-5-4-6-16(17)26-19/h4-11H,2-3,12-13,24H2,1H3,(H,25,29). The van der Waals surface area contributed by atoms with E-state index in [-0.39, 0.29) is 5.91 Å². The molecular formula is C22H22ClN5O. The first kappa shape index (κ1) is 19.2. The first-order valence-electron chi connectivity index (χ1n) is 9.65. The highest BCUT2D eigenvalue weighted by Crippen LogP contribution is 2.28. The number of carbonyl (C=O) groups excluding carboxylic acids is 1. The fraction of sp³-hybridized carbons (Fsp3) is 0.227. The highest BCUT2D eigenvalue weighted by Gasteiger charge is 2.23. The van der Waals surface area contributed by atoms with Gasteiger partial charge in [0.2, 0.25) is 0 Å². The van der Waals surface area contributed by atoms with Gasteiger partial charge in [-0.1, -0.05) is 49.2 Å². The van der Waals surface area contributed by atoms with Crippen molar-refractivity contribution in [2.45, 2.75) is 32.9 Å². The zero-order chi connectivity index (χ0) is 20.4. The Morgan fingerprint density at radius 2 is 1.79 bits per heavy atom. The van der Waals surface area contributed by atoms with Crippen molar-refractivity contribution in [2.75, 3.05) is 5.73 Å². The van der Waals surface area contributed by atoms with Crippen LogP contribution >= 0.6 is 11.6 Å². The highest BCUT2D eigenvalue weighted by molar-refractivity contribution is 6.30. The van der Waals surface area contributed by atoms with Crippen LogP contribution in [-0.2, 0) is 13.1 Å². The van der Waals surface area contributed by atoms with Gasteiger partial charge in [0.25, 0.3) is 5.91 Å². The fourth-order valence-electron chi connectivity index (χ4n) is 3.36. The van der Waals surface area contributed by atoms with Crippen LogP contribution in [0.4, 0.5) is 5.82 Å².